The Bertz CT molecular complexity index is 65.3. The van der Waals surface area contributed by atoms with Gasteiger partial charge in [-0.25, -0.2) is 0 Å². The maximum Gasteiger partial charge on any atom is -0.000981 e. The SMILES string of the molecule is CC.CC.CCNCCCN(C)CC. The molecule has 0 rings (SSSR count). The average Bonchev–Trinajstić information content (AvgIpc) is 2.29. The molecule has 2 nitrogen and oxygen atoms in total. The van der Waals surface area contributed by atoms with Crippen LogP contribution in [0.4, 0.5) is 0 Å². The monoisotopic (exact) mass is 204 g/mol. The van der Waals surface area contributed by atoms with Crippen LogP contribution in [0.15, 0.2) is 0 Å². The molecule has 0 aliphatic rings. The Morgan fingerprint density at radius 3 is 1.86 bits per heavy atom. The highest BCUT2D eigenvalue weighted by Crippen LogP contribution is 1.83. The standard InChI is InChI=1S/C8H20N2.2C2H6/c1-4-9-7-6-8-10(3)5-2;2*1-2/h9H,4-8H2,1-3H3;2*1-2H3. The van der Waals surface area contributed by atoms with Gasteiger partial charge in [0.15, 0.2) is 0 Å². The summed E-state index contributed by atoms with van der Waals surface area (Å²) in [7, 11) is 2.16. The Morgan fingerprint density at radius 1 is 1.00 bits per heavy atom. The van der Waals surface area contributed by atoms with Crippen LogP contribution in [-0.2, 0) is 0 Å². The van der Waals surface area contributed by atoms with Crippen molar-refractivity contribution in [3.63, 3.8) is 0 Å². The Labute approximate surface area is 92.1 Å². The number of hydrogen-bond donors (Lipinski definition) is 1. The second kappa shape index (κ2) is 23.1. The first-order valence-electron chi connectivity index (χ1n) is 6.20. The first-order chi connectivity index (χ1) is 6.81. The second-order valence-corrected chi connectivity index (χ2v) is 2.60. The summed E-state index contributed by atoms with van der Waals surface area (Å²) in [5.41, 5.74) is 0. The number of rotatable bonds is 6. The average molecular weight is 204 g/mol. The highest BCUT2D eigenvalue weighted by atomic mass is 15.1. The van der Waals surface area contributed by atoms with E-state index in [1.54, 1.807) is 0 Å². The smallest absolute Gasteiger partial charge is 0.000981 e. The van der Waals surface area contributed by atoms with Crippen molar-refractivity contribution in [2.24, 2.45) is 0 Å². The molecule has 0 fully saturated rings. The van der Waals surface area contributed by atoms with Gasteiger partial charge in [0.1, 0.15) is 0 Å². The summed E-state index contributed by atoms with van der Waals surface area (Å²) in [6, 6.07) is 0. The molecule has 0 bridgehead atoms. The van der Waals surface area contributed by atoms with Gasteiger partial charge in [-0.05, 0) is 39.6 Å². The molecular formula is C12H32N2. The zero-order valence-electron chi connectivity index (χ0n) is 11.5. The van der Waals surface area contributed by atoms with Crippen molar-refractivity contribution in [1.29, 1.82) is 0 Å². The van der Waals surface area contributed by atoms with E-state index in [0.717, 1.165) is 19.6 Å². The van der Waals surface area contributed by atoms with E-state index in [-0.39, 0.29) is 0 Å². The van der Waals surface area contributed by atoms with Crippen LogP contribution in [0.1, 0.15) is 48.0 Å². The van der Waals surface area contributed by atoms with Crippen LogP contribution in [0.5, 0.6) is 0 Å². The fraction of sp³-hybridized carbons (Fsp3) is 1.00. The molecule has 0 aromatic heterocycles. The minimum absolute atomic E-state index is 1.09. The Kier molecular flexibility index (Phi) is 32.1. The predicted molar refractivity (Wildman–Crippen MR) is 69.0 cm³/mol. The Morgan fingerprint density at radius 2 is 1.50 bits per heavy atom. The molecule has 0 aromatic carbocycles. The molecule has 0 saturated heterocycles. The maximum absolute atomic E-state index is 3.30. The third-order valence-corrected chi connectivity index (χ3v) is 1.68. The van der Waals surface area contributed by atoms with E-state index < -0.39 is 0 Å². The van der Waals surface area contributed by atoms with Gasteiger partial charge in [0, 0.05) is 0 Å². The van der Waals surface area contributed by atoms with E-state index in [1.807, 2.05) is 27.7 Å². The van der Waals surface area contributed by atoms with Crippen molar-refractivity contribution in [3.8, 4) is 0 Å². The molecule has 0 atom stereocenters. The summed E-state index contributed by atoms with van der Waals surface area (Å²) in [5, 5.41) is 3.30. The summed E-state index contributed by atoms with van der Waals surface area (Å²) in [4.78, 5) is 2.33. The van der Waals surface area contributed by atoms with Crippen molar-refractivity contribution < 1.29 is 0 Å². The van der Waals surface area contributed by atoms with Crippen LogP contribution >= 0.6 is 0 Å². The van der Waals surface area contributed by atoms with Gasteiger partial charge in [-0.3, -0.25) is 0 Å². The second-order valence-electron chi connectivity index (χ2n) is 2.60. The molecule has 0 unspecified atom stereocenters. The zero-order valence-corrected chi connectivity index (χ0v) is 11.5. The summed E-state index contributed by atoms with van der Waals surface area (Å²) in [6.07, 6.45) is 1.26. The van der Waals surface area contributed by atoms with E-state index >= 15 is 0 Å². The normalized spacial score (nSPS) is 8.57. The molecule has 14 heavy (non-hydrogen) atoms. The van der Waals surface area contributed by atoms with Crippen LogP contribution in [0.25, 0.3) is 0 Å². The van der Waals surface area contributed by atoms with Crippen molar-refractivity contribution in [2.75, 3.05) is 33.2 Å². The molecule has 0 aliphatic carbocycles. The van der Waals surface area contributed by atoms with Gasteiger partial charge in [0.2, 0.25) is 0 Å². The molecule has 2 heteroatoms. The van der Waals surface area contributed by atoms with Crippen LogP contribution in [0.2, 0.25) is 0 Å². The van der Waals surface area contributed by atoms with Gasteiger partial charge in [0.05, 0.1) is 0 Å². The van der Waals surface area contributed by atoms with Gasteiger partial charge in [-0.2, -0.15) is 0 Å². The molecule has 0 aromatic rings. The van der Waals surface area contributed by atoms with Gasteiger partial charge in [0.25, 0.3) is 0 Å². The highest BCUT2D eigenvalue weighted by Gasteiger charge is 1.91. The molecule has 1 N–H and O–H groups in total. The topological polar surface area (TPSA) is 15.3 Å². The Hall–Kier alpha value is -0.0800. The van der Waals surface area contributed by atoms with Gasteiger partial charge in [-0.1, -0.05) is 41.5 Å². The molecule has 0 saturated carbocycles. The minimum Gasteiger partial charge on any atom is -0.317 e. The largest absolute Gasteiger partial charge is 0.317 e. The fourth-order valence-corrected chi connectivity index (χ4v) is 0.809. The molecule has 0 radical (unpaired) electrons. The number of hydrogen-bond acceptors (Lipinski definition) is 2. The zero-order chi connectivity index (χ0) is 11.8. The molecule has 0 heterocycles. The van der Waals surface area contributed by atoms with E-state index in [2.05, 4.69) is 31.1 Å². The molecule has 0 aliphatic heterocycles. The third-order valence-electron chi connectivity index (χ3n) is 1.68. The van der Waals surface area contributed by atoms with Gasteiger partial charge < -0.3 is 10.2 Å². The van der Waals surface area contributed by atoms with Crippen LogP contribution in [0, 0.1) is 0 Å². The molecule has 90 valence electrons. The first-order valence-corrected chi connectivity index (χ1v) is 6.20. The van der Waals surface area contributed by atoms with Crippen LogP contribution < -0.4 is 5.32 Å². The van der Waals surface area contributed by atoms with E-state index in [9.17, 15) is 0 Å². The molecule has 0 amide bonds. The molecular weight excluding hydrogens is 172 g/mol. The van der Waals surface area contributed by atoms with Crippen molar-refractivity contribution in [1.82, 2.24) is 10.2 Å². The first kappa shape index (κ1) is 19.5. The van der Waals surface area contributed by atoms with Crippen molar-refractivity contribution in [2.45, 2.75) is 48.0 Å². The van der Waals surface area contributed by atoms with Crippen LogP contribution in [0.3, 0.4) is 0 Å². The number of nitrogens with one attached hydrogen (secondary N) is 1. The van der Waals surface area contributed by atoms with E-state index in [4.69, 9.17) is 0 Å². The quantitative estimate of drug-likeness (QED) is 0.669. The van der Waals surface area contributed by atoms with E-state index in [0.29, 0.717) is 0 Å². The highest BCUT2D eigenvalue weighted by molar-refractivity contribution is 4.50. The van der Waals surface area contributed by atoms with E-state index in [1.165, 1.54) is 13.0 Å². The van der Waals surface area contributed by atoms with Gasteiger partial charge >= 0.3 is 0 Å². The lowest BCUT2D eigenvalue weighted by Crippen LogP contribution is -2.23. The summed E-state index contributed by atoms with van der Waals surface area (Å²) >= 11 is 0. The Balaban J connectivity index is -0.000000266. The maximum atomic E-state index is 3.30. The van der Waals surface area contributed by atoms with Gasteiger partial charge in [-0.15, -0.1) is 0 Å². The summed E-state index contributed by atoms with van der Waals surface area (Å²) < 4.78 is 0. The molecule has 0 spiro atoms. The van der Waals surface area contributed by atoms with Crippen molar-refractivity contribution in [3.05, 3.63) is 0 Å². The summed E-state index contributed by atoms with van der Waals surface area (Å²) in [5.74, 6) is 0. The lowest BCUT2D eigenvalue weighted by atomic mass is 10.4. The minimum atomic E-state index is 1.09. The van der Waals surface area contributed by atoms with Crippen LogP contribution in [-0.4, -0.2) is 38.1 Å². The van der Waals surface area contributed by atoms with Crippen molar-refractivity contribution >= 4 is 0 Å². The third kappa shape index (κ3) is 22.7. The lowest BCUT2D eigenvalue weighted by molar-refractivity contribution is 0.345. The lowest BCUT2D eigenvalue weighted by Gasteiger charge is -2.12. The number of nitrogens with zero attached hydrogens (tertiary/aromatic N) is 1. The summed E-state index contributed by atoms with van der Waals surface area (Å²) in [6.45, 7) is 16.9. The fourth-order valence-electron chi connectivity index (χ4n) is 0.809. The predicted octanol–water partition coefficient (Wildman–Crippen LogP) is 2.99.